The number of hydrogen-bond donors (Lipinski definition) is 1. The summed E-state index contributed by atoms with van der Waals surface area (Å²) in [7, 11) is 0. The zero-order valence-electron chi connectivity index (χ0n) is 13.1. The van der Waals surface area contributed by atoms with E-state index in [-0.39, 0.29) is 24.4 Å². The van der Waals surface area contributed by atoms with E-state index in [4.69, 9.17) is 5.73 Å². The quantitative estimate of drug-likeness (QED) is 0.929. The van der Waals surface area contributed by atoms with Gasteiger partial charge in [0.2, 0.25) is 5.91 Å². The van der Waals surface area contributed by atoms with Crippen LogP contribution in [-0.4, -0.2) is 29.9 Å². The number of nitrogens with zero attached hydrogens (tertiary/aromatic N) is 1. The number of carbonyl (C=O) groups excluding carboxylic acids is 1. The molecule has 1 amide bonds. The van der Waals surface area contributed by atoms with Crippen LogP contribution in [0.15, 0.2) is 30.3 Å². The number of halogens is 1. The molecule has 0 spiro atoms. The zero-order chi connectivity index (χ0) is 14.7. The van der Waals surface area contributed by atoms with E-state index < -0.39 is 0 Å². The Morgan fingerprint density at radius 1 is 1.09 bits per heavy atom. The van der Waals surface area contributed by atoms with Crippen LogP contribution in [0.25, 0.3) is 0 Å². The standard InChI is InChI=1S/C18H26N2O.ClH/c19-17-8-4-7-16(17)18(21)20-11-9-15(10-12-20)13-14-5-2-1-3-6-14;/h1-3,5-6,15-17H,4,7-13,19H2;1H. The number of carbonyl (C=O) groups is 1. The third kappa shape index (κ3) is 4.02. The van der Waals surface area contributed by atoms with E-state index in [1.54, 1.807) is 0 Å². The molecule has 4 heteroatoms. The van der Waals surface area contributed by atoms with Gasteiger partial charge in [0.25, 0.3) is 0 Å². The van der Waals surface area contributed by atoms with E-state index >= 15 is 0 Å². The van der Waals surface area contributed by atoms with Crippen molar-refractivity contribution in [2.24, 2.45) is 17.6 Å². The van der Waals surface area contributed by atoms with Gasteiger partial charge >= 0.3 is 0 Å². The maximum Gasteiger partial charge on any atom is 0.227 e. The van der Waals surface area contributed by atoms with Crippen LogP contribution in [-0.2, 0) is 11.2 Å². The molecule has 1 aliphatic heterocycles. The van der Waals surface area contributed by atoms with E-state index in [2.05, 4.69) is 35.2 Å². The number of hydrogen-bond acceptors (Lipinski definition) is 2. The smallest absolute Gasteiger partial charge is 0.227 e. The van der Waals surface area contributed by atoms with Crippen LogP contribution < -0.4 is 5.73 Å². The van der Waals surface area contributed by atoms with Crippen molar-refractivity contribution in [2.75, 3.05) is 13.1 Å². The molecule has 122 valence electrons. The monoisotopic (exact) mass is 322 g/mol. The molecule has 1 heterocycles. The number of likely N-dealkylation sites (tertiary alicyclic amines) is 1. The summed E-state index contributed by atoms with van der Waals surface area (Å²) in [5.74, 6) is 1.13. The molecule has 2 unspecified atom stereocenters. The van der Waals surface area contributed by atoms with Gasteiger partial charge in [0.1, 0.15) is 0 Å². The molecule has 3 nitrogen and oxygen atoms in total. The maximum absolute atomic E-state index is 12.5. The molecule has 1 aromatic rings. The second-order valence-corrected chi connectivity index (χ2v) is 6.66. The van der Waals surface area contributed by atoms with Gasteiger partial charge in [-0.15, -0.1) is 12.4 Å². The van der Waals surface area contributed by atoms with Gasteiger partial charge < -0.3 is 10.6 Å². The maximum atomic E-state index is 12.5. The van der Waals surface area contributed by atoms with Crippen LogP contribution in [0.2, 0.25) is 0 Å². The lowest BCUT2D eigenvalue weighted by Gasteiger charge is -2.34. The molecule has 0 aromatic heterocycles. The van der Waals surface area contributed by atoms with E-state index in [0.29, 0.717) is 11.8 Å². The number of benzene rings is 1. The van der Waals surface area contributed by atoms with Crippen LogP contribution in [0.5, 0.6) is 0 Å². The molecule has 22 heavy (non-hydrogen) atoms. The third-order valence-corrected chi connectivity index (χ3v) is 5.18. The number of piperidine rings is 1. The highest BCUT2D eigenvalue weighted by Crippen LogP contribution is 2.28. The zero-order valence-corrected chi connectivity index (χ0v) is 13.9. The summed E-state index contributed by atoms with van der Waals surface area (Å²) < 4.78 is 0. The second-order valence-electron chi connectivity index (χ2n) is 6.66. The van der Waals surface area contributed by atoms with Gasteiger partial charge in [-0.2, -0.15) is 0 Å². The van der Waals surface area contributed by atoms with E-state index in [1.165, 1.54) is 5.56 Å². The molecule has 1 saturated heterocycles. The highest BCUT2D eigenvalue weighted by Gasteiger charge is 2.34. The fourth-order valence-electron chi connectivity index (χ4n) is 3.83. The van der Waals surface area contributed by atoms with Crippen molar-refractivity contribution in [1.29, 1.82) is 0 Å². The van der Waals surface area contributed by atoms with Crippen molar-refractivity contribution in [3.8, 4) is 0 Å². The van der Waals surface area contributed by atoms with Crippen LogP contribution in [0.3, 0.4) is 0 Å². The van der Waals surface area contributed by atoms with Gasteiger partial charge in [-0.05, 0) is 43.6 Å². The first kappa shape index (κ1) is 17.3. The van der Waals surface area contributed by atoms with Crippen molar-refractivity contribution in [1.82, 2.24) is 4.90 Å². The summed E-state index contributed by atoms with van der Waals surface area (Å²) >= 11 is 0. The van der Waals surface area contributed by atoms with Crippen molar-refractivity contribution in [3.63, 3.8) is 0 Å². The number of rotatable bonds is 3. The minimum absolute atomic E-state index is 0. The van der Waals surface area contributed by atoms with Crippen molar-refractivity contribution >= 4 is 18.3 Å². The number of amides is 1. The molecular formula is C18H27ClN2O. The van der Waals surface area contributed by atoms with Gasteiger partial charge in [-0.3, -0.25) is 4.79 Å². The average molecular weight is 323 g/mol. The molecule has 1 aliphatic carbocycles. The molecule has 2 atom stereocenters. The molecule has 0 bridgehead atoms. The average Bonchev–Trinajstić information content (AvgIpc) is 2.94. The first-order chi connectivity index (χ1) is 10.2. The topological polar surface area (TPSA) is 46.3 Å². The largest absolute Gasteiger partial charge is 0.342 e. The predicted molar refractivity (Wildman–Crippen MR) is 92.0 cm³/mol. The molecule has 1 aromatic carbocycles. The minimum Gasteiger partial charge on any atom is -0.342 e. The molecular weight excluding hydrogens is 296 g/mol. The Bertz CT molecular complexity index is 471. The van der Waals surface area contributed by atoms with Gasteiger partial charge in [0.15, 0.2) is 0 Å². The third-order valence-electron chi connectivity index (χ3n) is 5.18. The van der Waals surface area contributed by atoms with E-state index in [9.17, 15) is 4.79 Å². The molecule has 2 fully saturated rings. The summed E-state index contributed by atoms with van der Waals surface area (Å²) in [6.45, 7) is 1.83. The Balaban J connectivity index is 0.00000176. The Morgan fingerprint density at radius 3 is 2.36 bits per heavy atom. The van der Waals surface area contributed by atoms with Gasteiger partial charge in [0.05, 0.1) is 5.92 Å². The molecule has 1 saturated carbocycles. The highest BCUT2D eigenvalue weighted by atomic mass is 35.5. The summed E-state index contributed by atoms with van der Waals surface area (Å²) in [6, 6.07) is 10.8. The van der Waals surface area contributed by atoms with Crippen LogP contribution in [0.1, 0.15) is 37.7 Å². The lowest BCUT2D eigenvalue weighted by atomic mass is 9.89. The SMILES string of the molecule is Cl.NC1CCCC1C(=O)N1CCC(Cc2ccccc2)CC1. The number of nitrogens with two attached hydrogens (primary N) is 1. The minimum atomic E-state index is 0. The van der Waals surface area contributed by atoms with E-state index in [0.717, 1.165) is 51.6 Å². The van der Waals surface area contributed by atoms with Crippen LogP contribution in [0.4, 0.5) is 0 Å². The lowest BCUT2D eigenvalue weighted by molar-refractivity contribution is -0.137. The summed E-state index contributed by atoms with van der Waals surface area (Å²) in [4.78, 5) is 14.6. The molecule has 2 aliphatic rings. The van der Waals surface area contributed by atoms with Gasteiger partial charge in [-0.1, -0.05) is 36.8 Å². The Hall–Kier alpha value is -1.06. The Labute approximate surface area is 139 Å². The highest BCUT2D eigenvalue weighted by molar-refractivity contribution is 5.85. The first-order valence-electron chi connectivity index (χ1n) is 8.32. The van der Waals surface area contributed by atoms with Gasteiger partial charge in [0, 0.05) is 19.1 Å². The van der Waals surface area contributed by atoms with Crippen molar-refractivity contribution < 1.29 is 4.79 Å². The summed E-state index contributed by atoms with van der Waals surface area (Å²) in [6.07, 6.45) is 6.52. The second kappa shape index (κ2) is 7.98. The normalized spacial score (nSPS) is 25.8. The van der Waals surface area contributed by atoms with Crippen molar-refractivity contribution in [2.45, 2.75) is 44.6 Å². The fraction of sp³-hybridized carbons (Fsp3) is 0.611. The van der Waals surface area contributed by atoms with Gasteiger partial charge in [-0.25, -0.2) is 0 Å². The summed E-state index contributed by atoms with van der Waals surface area (Å²) in [5.41, 5.74) is 7.49. The Morgan fingerprint density at radius 2 is 1.77 bits per heavy atom. The molecule has 2 N–H and O–H groups in total. The predicted octanol–water partition coefficient (Wildman–Crippen LogP) is 3.02. The van der Waals surface area contributed by atoms with Crippen LogP contribution >= 0.6 is 12.4 Å². The first-order valence-corrected chi connectivity index (χ1v) is 8.32. The lowest BCUT2D eigenvalue weighted by Crippen LogP contribution is -2.45. The van der Waals surface area contributed by atoms with E-state index in [1.807, 2.05) is 0 Å². The molecule has 3 rings (SSSR count). The fourth-order valence-corrected chi connectivity index (χ4v) is 3.83. The molecule has 0 radical (unpaired) electrons. The Kier molecular flexibility index (Phi) is 6.27. The summed E-state index contributed by atoms with van der Waals surface area (Å²) in [5, 5.41) is 0. The van der Waals surface area contributed by atoms with Crippen LogP contribution in [0, 0.1) is 11.8 Å². The van der Waals surface area contributed by atoms with Crippen molar-refractivity contribution in [3.05, 3.63) is 35.9 Å².